The summed E-state index contributed by atoms with van der Waals surface area (Å²) in [4.78, 5) is 29.0. The highest BCUT2D eigenvalue weighted by atomic mass is 32.2. The standard InChI is InChI=1S/C23H24N2O3S/c1-4-17-9-11-18(12-10-17)24-23(27)16(3)28-22(26)14-29-21-13-15(2)19-7-5-6-8-20(19)25-21/h5-13,16H,4,14H2,1-3H3,(H,24,27)/t16-/m1/s1. The number of fused-ring (bicyclic) bond motifs is 1. The van der Waals surface area contributed by atoms with Crippen LogP contribution in [-0.2, 0) is 20.7 Å². The SMILES string of the molecule is CCc1ccc(NC(=O)[C@@H](C)OC(=O)CSc2cc(C)c3ccccc3n2)cc1. The van der Waals surface area contributed by atoms with Gasteiger partial charge in [0.25, 0.3) is 5.91 Å². The molecule has 0 aliphatic carbocycles. The molecular weight excluding hydrogens is 384 g/mol. The number of carbonyl (C=O) groups excluding carboxylic acids is 2. The van der Waals surface area contributed by atoms with Gasteiger partial charge in [0.1, 0.15) is 0 Å². The Morgan fingerprint density at radius 3 is 2.59 bits per heavy atom. The molecule has 3 rings (SSSR count). The number of esters is 1. The first-order chi connectivity index (χ1) is 14.0. The van der Waals surface area contributed by atoms with Crippen molar-refractivity contribution in [2.75, 3.05) is 11.1 Å². The van der Waals surface area contributed by atoms with Gasteiger partial charge in [-0.25, -0.2) is 4.98 Å². The van der Waals surface area contributed by atoms with Gasteiger partial charge in [0.15, 0.2) is 6.10 Å². The smallest absolute Gasteiger partial charge is 0.317 e. The van der Waals surface area contributed by atoms with Crippen LogP contribution in [0.15, 0.2) is 59.6 Å². The number of nitrogens with one attached hydrogen (secondary N) is 1. The average Bonchev–Trinajstić information content (AvgIpc) is 2.73. The van der Waals surface area contributed by atoms with Gasteiger partial charge < -0.3 is 10.1 Å². The largest absolute Gasteiger partial charge is 0.452 e. The third kappa shape index (κ3) is 5.57. The normalized spacial score (nSPS) is 11.8. The lowest BCUT2D eigenvalue weighted by atomic mass is 10.1. The van der Waals surface area contributed by atoms with Crippen molar-refractivity contribution in [3.05, 3.63) is 65.7 Å². The second-order valence-corrected chi connectivity index (χ2v) is 7.75. The number of anilines is 1. The Bertz CT molecular complexity index is 1020. The molecule has 29 heavy (non-hydrogen) atoms. The topological polar surface area (TPSA) is 68.3 Å². The molecule has 0 aliphatic rings. The van der Waals surface area contributed by atoms with Crippen LogP contribution in [0.2, 0.25) is 0 Å². The van der Waals surface area contributed by atoms with Crippen LogP contribution in [0.25, 0.3) is 10.9 Å². The number of thioether (sulfide) groups is 1. The lowest BCUT2D eigenvalue weighted by Gasteiger charge is -2.14. The van der Waals surface area contributed by atoms with Gasteiger partial charge in [0, 0.05) is 11.1 Å². The number of para-hydroxylation sites is 1. The number of hydrogen-bond donors (Lipinski definition) is 1. The van der Waals surface area contributed by atoms with Crippen LogP contribution < -0.4 is 5.32 Å². The Morgan fingerprint density at radius 1 is 1.14 bits per heavy atom. The van der Waals surface area contributed by atoms with Crippen molar-refractivity contribution in [1.82, 2.24) is 4.98 Å². The van der Waals surface area contributed by atoms with E-state index in [1.807, 2.05) is 61.5 Å². The summed E-state index contributed by atoms with van der Waals surface area (Å²) in [5.74, 6) is -0.716. The van der Waals surface area contributed by atoms with E-state index in [0.29, 0.717) is 5.69 Å². The van der Waals surface area contributed by atoms with E-state index in [1.165, 1.54) is 17.3 Å². The molecule has 0 fully saturated rings. The third-order valence-corrected chi connectivity index (χ3v) is 5.43. The van der Waals surface area contributed by atoms with E-state index in [1.54, 1.807) is 6.92 Å². The van der Waals surface area contributed by atoms with E-state index in [2.05, 4.69) is 17.2 Å². The highest BCUT2D eigenvalue weighted by Crippen LogP contribution is 2.23. The van der Waals surface area contributed by atoms with Gasteiger partial charge in [0.2, 0.25) is 0 Å². The molecule has 0 aliphatic heterocycles. The summed E-state index contributed by atoms with van der Waals surface area (Å²) in [6, 6.07) is 17.4. The summed E-state index contributed by atoms with van der Waals surface area (Å²) >= 11 is 1.30. The number of rotatable bonds is 7. The van der Waals surface area contributed by atoms with E-state index >= 15 is 0 Å². The molecule has 1 aromatic heterocycles. The number of aryl methyl sites for hydroxylation is 2. The molecule has 1 N–H and O–H groups in total. The number of benzene rings is 2. The first kappa shape index (κ1) is 20.9. The Balaban J connectivity index is 1.52. The van der Waals surface area contributed by atoms with Crippen molar-refractivity contribution in [2.45, 2.75) is 38.3 Å². The van der Waals surface area contributed by atoms with Crippen molar-refractivity contribution in [3.63, 3.8) is 0 Å². The number of amides is 1. The highest BCUT2D eigenvalue weighted by Gasteiger charge is 2.18. The lowest BCUT2D eigenvalue weighted by Crippen LogP contribution is -2.30. The van der Waals surface area contributed by atoms with Crippen molar-refractivity contribution in [2.24, 2.45) is 0 Å². The van der Waals surface area contributed by atoms with Crippen molar-refractivity contribution < 1.29 is 14.3 Å². The van der Waals surface area contributed by atoms with Crippen LogP contribution >= 0.6 is 11.8 Å². The summed E-state index contributed by atoms with van der Waals surface area (Å²) in [7, 11) is 0. The summed E-state index contributed by atoms with van der Waals surface area (Å²) in [5, 5.41) is 4.61. The molecule has 0 saturated heterocycles. The maximum atomic E-state index is 12.3. The van der Waals surface area contributed by atoms with Gasteiger partial charge in [-0.15, -0.1) is 0 Å². The lowest BCUT2D eigenvalue weighted by molar-refractivity contribution is -0.150. The second kappa shape index (κ2) is 9.56. The highest BCUT2D eigenvalue weighted by molar-refractivity contribution is 7.99. The van der Waals surface area contributed by atoms with Gasteiger partial charge in [-0.2, -0.15) is 0 Å². The quantitative estimate of drug-likeness (QED) is 0.451. The summed E-state index contributed by atoms with van der Waals surface area (Å²) in [5.41, 5.74) is 3.87. The number of aromatic nitrogens is 1. The van der Waals surface area contributed by atoms with E-state index in [4.69, 9.17) is 4.74 Å². The molecule has 1 amide bonds. The molecule has 2 aromatic carbocycles. The minimum absolute atomic E-state index is 0.0909. The minimum atomic E-state index is -0.875. The Kier molecular flexibility index (Phi) is 6.88. The van der Waals surface area contributed by atoms with E-state index in [-0.39, 0.29) is 11.7 Å². The fourth-order valence-corrected chi connectivity index (χ4v) is 3.63. The Labute approximate surface area is 174 Å². The molecule has 0 saturated carbocycles. The molecule has 0 spiro atoms. The molecular formula is C23H24N2O3S. The zero-order valence-electron chi connectivity index (χ0n) is 16.8. The van der Waals surface area contributed by atoms with Gasteiger partial charge in [-0.3, -0.25) is 9.59 Å². The molecule has 0 unspecified atom stereocenters. The van der Waals surface area contributed by atoms with Gasteiger partial charge in [0.05, 0.1) is 16.3 Å². The zero-order chi connectivity index (χ0) is 20.8. The minimum Gasteiger partial charge on any atom is -0.452 e. The summed E-state index contributed by atoms with van der Waals surface area (Å²) in [6.45, 7) is 5.66. The fourth-order valence-electron chi connectivity index (χ4n) is 2.88. The molecule has 0 radical (unpaired) electrons. The molecule has 5 nitrogen and oxygen atoms in total. The maximum absolute atomic E-state index is 12.3. The second-order valence-electron chi connectivity index (χ2n) is 6.76. The Hall–Kier alpha value is -2.86. The van der Waals surface area contributed by atoms with Crippen LogP contribution in [0.5, 0.6) is 0 Å². The van der Waals surface area contributed by atoms with E-state index < -0.39 is 12.1 Å². The number of carbonyl (C=O) groups is 2. The first-order valence-electron chi connectivity index (χ1n) is 9.54. The maximum Gasteiger partial charge on any atom is 0.317 e. The third-order valence-electron chi connectivity index (χ3n) is 4.54. The summed E-state index contributed by atoms with van der Waals surface area (Å²) < 4.78 is 5.27. The predicted octanol–water partition coefficient (Wildman–Crippen LogP) is 4.77. The van der Waals surface area contributed by atoms with Crippen LogP contribution in [0.1, 0.15) is 25.0 Å². The zero-order valence-corrected chi connectivity index (χ0v) is 17.6. The van der Waals surface area contributed by atoms with Gasteiger partial charge >= 0.3 is 5.97 Å². The Morgan fingerprint density at radius 2 is 1.86 bits per heavy atom. The molecule has 6 heteroatoms. The molecule has 1 heterocycles. The van der Waals surface area contributed by atoms with E-state index in [9.17, 15) is 9.59 Å². The van der Waals surface area contributed by atoms with Crippen LogP contribution in [0, 0.1) is 6.92 Å². The van der Waals surface area contributed by atoms with Crippen LogP contribution in [0.4, 0.5) is 5.69 Å². The molecule has 0 bridgehead atoms. The number of nitrogens with zero attached hydrogens (tertiary/aromatic N) is 1. The average molecular weight is 409 g/mol. The van der Waals surface area contributed by atoms with E-state index in [0.717, 1.165) is 27.9 Å². The number of hydrogen-bond acceptors (Lipinski definition) is 5. The van der Waals surface area contributed by atoms with Crippen molar-refractivity contribution in [1.29, 1.82) is 0 Å². The first-order valence-corrected chi connectivity index (χ1v) is 10.5. The molecule has 1 atom stereocenters. The number of ether oxygens (including phenoxy) is 1. The molecule has 150 valence electrons. The number of pyridine rings is 1. The summed E-state index contributed by atoms with van der Waals surface area (Å²) in [6.07, 6.45) is 0.0612. The monoisotopic (exact) mass is 408 g/mol. The van der Waals surface area contributed by atoms with Gasteiger partial charge in [-0.05, 0) is 55.7 Å². The fraction of sp³-hybridized carbons (Fsp3) is 0.261. The van der Waals surface area contributed by atoms with Crippen molar-refractivity contribution in [3.8, 4) is 0 Å². The van der Waals surface area contributed by atoms with Crippen LogP contribution in [-0.4, -0.2) is 28.7 Å². The molecule has 3 aromatic rings. The predicted molar refractivity (Wildman–Crippen MR) is 117 cm³/mol. The van der Waals surface area contributed by atoms with Crippen molar-refractivity contribution >= 4 is 40.2 Å². The van der Waals surface area contributed by atoms with Crippen LogP contribution in [0.3, 0.4) is 0 Å². The van der Waals surface area contributed by atoms with Gasteiger partial charge in [-0.1, -0.05) is 49.0 Å².